The van der Waals surface area contributed by atoms with Crippen molar-refractivity contribution in [2.75, 3.05) is 59.5 Å². The number of carbonyl (C=O) groups is 11. The van der Waals surface area contributed by atoms with Crippen molar-refractivity contribution in [1.82, 2.24) is 0 Å². The molecular formula is C81H116O23. The highest BCUT2D eigenvalue weighted by Gasteiger charge is 2.23. The molecule has 1 atom stereocenters. The van der Waals surface area contributed by atoms with Crippen LogP contribution in [0.15, 0.2) is 91.0 Å². The fourth-order valence-electron chi connectivity index (χ4n) is 10.2. The van der Waals surface area contributed by atoms with Crippen LogP contribution >= 0.6 is 0 Å². The van der Waals surface area contributed by atoms with Crippen molar-refractivity contribution in [3.63, 3.8) is 0 Å². The van der Waals surface area contributed by atoms with Crippen LogP contribution in [-0.4, -0.2) is 131 Å². The van der Waals surface area contributed by atoms with E-state index in [-0.39, 0.29) is 113 Å². The average Bonchev–Trinajstić information content (AvgIpc) is 0.865. The highest BCUT2D eigenvalue weighted by Crippen LogP contribution is 2.23. The van der Waals surface area contributed by atoms with E-state index in [0.29, 0.717) is 209 Å². The van der Waals surface area contributed by atoms with Crippen molar-refractivity contribution >= 4 is 65.7 Å². The predicted molar refractivity (Wildman–Crippen MR) is 388 cm³/mol. The number of esters is 11. The number of para-hydroxylation sites is 1. The normalized spacial score (nSPS) is 11.1. The lowest BCUT2D eigenvalue weighted by molar-refractivity contribution is -0.146. The Morgan fingerprint density at radius 3 is 0.875 bits per heavy atom. The molecule has 0 radical (unpaired) electrons. The van der Waals surface area contributed by atoms with Gasteiger partial charge in [0.15, 0.2) is 6.10 Å². The lowest BCUT2D eigenvalue weighted by Gasteiger charge is -2.18. The highest BCUT2D eigenvalue weighted by molar-refractivity contribution is 5.91. The van der Waals surface area contributed by atoms with Crippen LogP contribution in [0.4, 0.5) is 0 Å². The van der Waals surface area contributed by atoms with Gasteiger partial charge in [0.05, 0.1) is 65.0 Å². The molecule has 3 aromatic carbocycles. The van der Waals surface area contributed by atoms with Gasteiger partial charge >= 0.3 is 65.7 Å². The van der Waals surface area contributed by atoms with E-state index in [1.54, 1.807) is 55.5 Å². The second-order valence-corrected chi connectivity index (χ2v) is 25.8. The van der Waals surface area contributed by atoms with E-state index >= 15 is 0 Å². The molecular weight excluding hydrogens is 1340 g/mol. The third-order valence-corrected chi connectivity index (χ3v) is 16.3. The van der Waals surface area contributed by atoms with Gasteiger partial charge in [0.1, 0.15) is 17.2 Å². The Hall–Kier alpha value is -8.63. The van der Waals surface area contributed by atoms with E-state index in [4.69, 9.17) is 56.8 Å². The third kappa shape index (κ3) is 49.9. The summed E-state index contributed by atoms with van der Waals surface area (Å²) in [6, 6.07) is 22.4. The minimum Gasteiger partial charge on any atom is -0.479 e. The summed E-state index contributed by atoms with van der Waals surface area (Å²) in [6.45, 7) is 9.69. The van der Waals surface area contributed by atoms with E-state index in [2.05, 4.69) is 6.58 Å². The fraction of sp³-hybridized carbons (Fsp3) is 0.617. The second kappa shape index (κ2) is 59.7. The van der Waals surface area contributed by atoms with E-state index in [1.807, 2.05) is 37.3 Å². The molecule has 0 amide bonds. The summed E-state index contributed by atoms with van der Waals surface area (Å²) in [5.74, 6) is -2.47. The lowest BCUT2D eigenvalue weighted by atomic mass is 10.1. The second-order valence-electron chi connectivity index (χ2n) is 25.8. The molecule has 0 aliphatic carbocycles. The van der Waals surface area contributed by atoms with Gasteiger partial charge in [-0.1, -0.05) is 61.7 Å². The summed E-state index contributed by atoms with van der Waals surface area (Å²) >= 11 is 0. The van der Waals surface area contributed by atoms with Crippen LogP contribution in [0.5, 0.6) is 17.2 Å². The number of unbranched alkanes of at least 4 members (excludes halogenated alkanes) is 20. The molecule has 3 rings (SSSR count). The van der Waals surface area contributed by atoms with Crippen LogP contribution in [0.1, 0.15) is 267 Å². The van der Waals surface area contributed by atoms with Crippen LogP contribution in [0.2, 0.25) is 0 Å². The number of ether oxygens (including phenoxy) is 12. The molecule has 0 aliphatic rings. The molecule has 1 unspecified atom stereocenters. The minimum absolute atomic E-state index is 0.254. The number of carbonyl (C=O) groups excluding carboxylic acids is 11. The van der Waals surface area contributed by atoms with E-state index in [0.717, 1.165) is 63.4 Å². The molecule has 0 aromatic heterocycles. The first-order valence-corrected chi connectivity index (χ1v) is 37.9. The molecule has 3 aromatic rings. The molecule has 0 fully saturated rings. The van der Waals surface area contributed by atoms with Crippen LogP contribution in [0.3, 0.4) is 0 Å². The monoisotopic (exact) mass is 1460 g/mol. The number of rotatable bonds is 63. The largest absolute Gasteiger partial charge is 0.479 e. The van der Waals surface area contributed by atoms with Crippen LogP contribution in [-0.2, 0) is 90.6 Å². The molecule has 23 heteroatoms. The van der Waals surface area contributed by atoms with Crippen molar-refractivity contribution in [1.29, 1.82) is 0 Å². The summed E-state index contributed by atoms with van der Waals surface area (Å²) in [5.41, 5.74) is 1.82. The Morgan fingerprint density at radius 1 is 0.298 bits per heavy atom. The first-order valence-electron chi connectivity index (χ1n) is 37.9. The van der Waals surface area contributed by atoms with Gasteiger partial charge in [-0.25, -0.2) is 14.4 Å². The van der Waals surface area contributed by atoms with Gasteiger partial charge in [-0.05, 0) is 236 Å². The molecule has 0 N–H and O–H groups in total. The smallest absolute Gasteiger partial charge is 0.352 e. The number of aryl methyl sites for hydroxylation is 1. The van der Waals surface area contributed by atoms with Crippen LogP contribution in [0.25, 0.3) is 0 Å². The Kier molecular flexibility index (Phi) is 51.4. The van der Waals surface area contributed by atoms with Crippen molar-refractivity contribution < 1.29 is 110 Å². The first-order chi connectivity index (χ1) is 50.5. The summed E-state index contributed by atoms with van der Waals surface area (Å²) in [7, 11) is 0. The van der Waals surface area contributed by atoms with Crippen LogP contribution < -0.4 is 14.2 Å². The van der Waals surface area contributed by atoms with Gasteiger partial charge in [-0.15, -0.1) is 0 Å². The van der Waals surface area contributed by atoms with Crippen LogP contribution in [0, 0.1) is 6.92 Å². The first kappa shape index (κ1) is 89.6. The summed E-state index contributed by atoms with van der Waals surface area (Å²) in [6.07, 6.45) is 21.9. The third-order valence-electron chi connectivity index (χ3n) is 16.3. The van der Waals surface area contributed by atoms with Gasteiger partial charge in [-0.3, -0.25) is 38.4 Å². The molecule has 0 aliphatic heterocycles. The van der Waals surface area contributed by atoms with Crippen molar-refractivity contribution in [3.05, 3.63) is 102 Å². The van der Waals surface area contributed by atoms with E-state index in [9.17, 15) is 52.7 Å². The van der Waals surface area contributed by atoms with Crippen molar-refractivity contribution in [2.45, 2.75) is 264 Å². The Labute approximate surface area is 615 Å². The van der Waals surface area contributed by atoms with E-state index in [1.165, 1.54) is 0 Å². The molecule has 104 heavy (non-hydrogen) atoms. The Morgan fingerprint density at radius 2 is 0.567 bits per heavy atom. The molecule has 0 spiro atoms. The summed E-state index contributed by atoms with van der Waals surface area (Å²) < 4.78 is 64.7. The maximum absolute atomic E-state index is 13.3. The Bertz CT molecular complexity index is 2930. The molecule has 578 valence electrons. The number of hydrogen-bond acceptors (Lipinski definition) is 23. The molecule has 0 saturated carbocycles. The minimum atomic E-state index is -0.838. The van der Waals surface area contributed by atoms with Gasteiger partial charge in [-0.2, -0.15) is 0 Å². The standard InChI is InChI=1S/C81H116O23/c1-64(2)79(90)101-63-35-15-26-46-78(89)100-62-34-14-25-45-77(88)99-61-33-13-24-44-76(87)98-60-32-12-23-43-75(86)97-59-31-11-22-42-74(85)96-58-30-10-21-41-73(84)95-57-29-9-20-40-72(83)94-56-28-8-19-39-71(82)93-55-27-6-4-5-18-38-70(102-67-36-16-7-17-37-67)81(92)104-69-53-51-68(52-54-69)103-80(91)66-49-47-65(3)48-50-66/h7,16-17,36-37,47-54,70H,1,4-6,8-15,18-35,38-46,55-63H2,2-3H3. The fourth-order valence-corrected chi connectivity index (χ4v) is 10.2. The zero-order valence-electron chi connectivity index (χ0n) is 61.9. The topological polar surface area (TPSA) is 299 Å². The quantitative estimate of drug-likeness (QED) is 0.0167. The molecule has 0 bridgehead atoms. The lowest BCUT2D eigenvalue weighted by Crippen LogP contribution is -2.31. The van der Waals surface area contributed by atoms with Crippen molar-refractivity contribution in [3.8, 4) is 17.2 Å². The molecule has 23 nitrogen and oxygen atoms in total. The maximum atomic E-state index is 13.3. The van der Waals surface area contributed by atoms with Gasteiger partial charge in [0.2, 0.25) is 0 Å². The van der Waals surface area contributed by atoms with Crippen molar-refractivity contribution in [2.24, 2.45) is 0 Å². The maximum Gasteiger partial charge on any atom is 0.352 e. The van der Waals surface area contributed by atoms with Gasteiger partial charge in [0, 0.05) is 56.9 Å². The van der Waals surface area contributed by atoms with E-state index < -0.39 is 24.0 Å². The van der Waals surface area contributed by atoms with Gasteiger partial charge < -0.3 is 56.8 Å². The summed E-state index contributed by atoms with van der Waals surface area (Å²) in [4.78, 5) is 134. The average molecular weight is 1460 g/mol. The Balaban J connectivity index is 1.00. The molecule has 0 heterocycles. The SMILES string of the molecule is C=C(C)C(=O)OCCCCCC(=O)OCCCCCC(=O)OCCCCCC(=O)OCCCCCC(=O)OCCCCCC(=O)OCCCCCC(=O)OCCCCCC(=O)OCCCCCC(=O)OCCCCCCCC(Oc1ccccc1)C(=O)Oc1ccc(OC(=O)c2ccc(C)cc2)cc1. The molecule has 0 saturated heterocycles. The number of benzene rings is 3. The highest BCUT2D eigenvalue weighted by atomic mass is 16.6. The predicted octanol–water partition coefficient (Wildman–Crippen LogP) is 15.9. The van der Waals surface area contributed by atoms with Gasteiger partial charge in [0.25, 0.3) is 0 Å². The zero-order chi connectivity index (χ0) is 75.3. The number of hydrogen-bond donors (Lipinski definition) is 0. The summed E-state index contributed by atoms with van der Waals surface area (Å²) in [5, 5.41) is 0. The zero-order valence-corrected chi connectivity index (χ0v) is 61.9.